The van der Waals surface area contributed by atoms with Gasteiger partial charge in [0.25, 0.3) is 0 Å². The van der Waals surface area contributed by atoms with E-state index in [4.69, 9.17) is 5.26 Å². The first kappa shape index (κ1) is 15.5. The fraction of sp³-hybridized carbons (Fsp3) is 0.933. The van der Waals surface area contributed by atoms with Crippen LogP contribution >= 0.6 is 0 Å². The summed E-state index contributed by atoms with van der Waals surface area (Å²) < 4.78 is 0. The first-order chi connectivity index (χ1) is 8.50. The minimum atomic E-state index is -0.344. The summed E-state index contributed by atoms with van der Waals surface area (Å²) in [6.45, 7) is 10.4. The maximum atomic E-state index is 9.07. The highest BCUT2D eigenvalue weighted by Gasteiger charge is 2.23. The average Bonchev–Trinajstić information content (AvgIpc) is 2.38. The minimum absolute atomic E-state index is 0.344. The smallest absolute Gasteiger partial charge is 0.103 e. The van der Waals surface area contributed by atoms with Gasteiger partial charge in [0.05, 0.1) is 6.07 Å². The third kappa shape index (κ3) is 4.59. The Kier molecular flexibility index (Phi) is 6.11. The van der Waals surface area contributed by atoms with Gasteiger partial charge in [-0.05, 0) is 64.6 Å². The van der Waals surface area contributed by atoms with Gasteiger partial charge < -0.3 is 10.2 Å². The molecule has 1 heterocycles. The first-order valence-corrected chi connectivity index (χ1v) is 7.33. The summed E-state index contributed by atoms with van der Waals surface area (Å²) >= 11 is 0. The van der Waals surface area contributed by atoms with Gasteiger partial charge in [0.2, 0.25) is 0 Å². The van der Waals surface area contributed by atoms with Crippen LogP contribution in [0, 0.1) is 23.2 Å². The van der Waals surface area contributed by atoms with E-state index in [0.29, 0.717) is 0 Å². The molecule has 1 aliphatic heterocycles. The summed E-state index contributed by atoms with van der Waals surface area (Å²) in [7, 11) is 1.87. The van der Waals surface area contributed by atoms with Crippen LogP contribution in [0.1, 0.15) is 46.5 Å². The maximum absolute atomic E-state index is 9.07. The molecular weight excluding hydrogens is 222 g/mol. The highest BCUT2D eigenvalue weighted by atomic mass is 15.1. The Hall–Kier alpha value is -0.590. The molecule has 0 aliphatic carbocycles. The van der Waals surface area contributed by atoms with Gasteiger partial charge >= 0.3 is 0 Å². The third-order valence-corrected chi connectivity index (χ3v) is 4.62. The van der Waals surface area contributed by atoms with Crippen molar-refractivity contribution in [2.24, 2.45) is 11.8 Å². The molecule has 104 valence electrons. The normalized spacial score (nSPS) is 28.6. The number of rotatable bonds is 6. The second kappa shape index (κ2) is 7.11. The van der Waals surface area contributed by atoms with Gasteiger partial charge in [0.1, 0.15) is 5.54 Å². The Morgan fingerprint density at radius 2 is 2.06 bits per heavy atom. The molecule has 0 aromatic rings. The van der Waals surface area contributed by atoms with Crippen molar-refractivity contribution in [2.75, 3.05) is 26.7 Å². The lowest BCUT2D eigenvalue weighted by Crippen LogP contribution is -2.40. The number of piperidine rings is 1. The van der Waals surface area contributed by atoms with Crippen LogP contribution in [0.3, 0.4) is 0 Å². The van der Waals surface area contributed by atoms with Crippen molar-refractivity contribution in [3.05, 3.63) is 0 Å². The molecule has 1 fully saturated rings. The molecule has 1 saturated heterocycles. The molecule has 3 heteroatoms. The Morgan fingerprint density at radius 1 is 1.33 bits per heavy atom. The van der Waals surface area contributed by atoms with Crippen LogP contribution in [0.4, 0.5) is 0 Å². The standard InChI is InChI=1S/C15H29N3/c1-13-7-10-18(11-14(13)2)9-6-5-8-15(3,12-16)17-4/h13-14,17H,5-11H2,1-4H3. The number of nitrogens with zero attached hydrogens (tertiary/aromatic N) is 2. The molecule has 0 spiro atoms. The molecule has 0 radical (unpaired) electrons. The number of nitrogens with one attached hydrogen (secondary N) is 1. The summed E-state index contributed by atoms with van der Waals surface area (Å²) in [4.78, 5) is 2.59. The Balaban J connectivity index is 2.17. The van der Waals surface area contributed by atoms with Crippen LogP contribution in [0.2, 0.25) is 0 Å². The first-order valence-electron chi connectivity index (χ1n) is 7.33. The summed E-state index contributed by atoms with van der Waals surface area (Å²) in [6.07, 6.45) is 4.62. The molecule has 1 N–H and O–H groups in total. The van der Waals surface area contributed by atoms with E-state index in [1.165, 1.54) is 32.5 Å². The molecule has 18 heavy (non-hydrogen) atoms. The molecule has 3 nitrogen and oxygen atoms in total. The lowest BCUT2D eigenvalue weighted by molar-refractivity contribution is 0.136. The van der Waals surface area contributed by atoms with E-state index in [2.05, 4.69) is 30.1 Å². The molecule has 0 aromatic carbocycles. The number of nitriles is 1. The van der Waals surface area contributed by atoms with Gasteiger partial charge in [0, 0.05) is 6.54 Å². The molecule has 0 saturated carbocycles. The van der Waals surface area contributed by atoms with Gasteiger partial charge in [-0.1, -0.05) is 13.8 Å². The van der Waals surface area contributed by atoms with Crippen molar-refractivity contribution >= 4 is 0 Å². The van der Waals surface area contributed by atoms with Crippen molar-refractivity contribution < 1.29 is 0 Å². The predicted molar refractivity (Wildman–Crippen MR) is 76.3 cm³/mol. The van der Waals surface area contributed by atoms with Crippen LogP contribution in [0.15, 0.2) is 0 Å². The van der Waals surface area contributed by atoms with Crippen molar-refractivity contribution in [3.8, 4) is 6.07 Å². The van der Waals surface area contributed by atoms with Crippen LogP contribution in [-0.2, 0) is 0 Å². The van der Waals surface area contributed by atoms with Gasteiger partial charge in [-0.25, -0.2) is 0 Å². The van der Waals surface area contributed by atoms with Crippen molar-refractivity contribution in [3.63, 3.8) is 0 Å². The second-order valence-corrected chi connectivity index (χ2v) is 6.19. The monoisotopic (exact) mass is 251 g/mol. The largest absolute Gasteiger partial charge is 0.303 e. The lowest BCUT2D eigenvalue weighted by Gasteiger charge is -2.35. The third-order valence-electron chi connectivity index (χ3n) is 4.62. The highest BCUT2D eigenvalue weighted by Crippen LogP contribution is 2.22. The quantitative estimate of drug-likeness (QED) is 0.738. The lowest BCUT2D eigenvalue weighted by atomic mass is 9.88. The van der Waals surface area contributed by atoms with Crippen LogP contribution in [0.25, 0.3) is 0 Å². The molecule has 0 amide bonds. The van der Waals surface area contributed by atoms with Crippen LogP contribution in [-0.4, -0.2) is 37.1 Å². The van der Waals surface area contributed by atoms with E-state index in [1.54, 1.807) is 0 Å². The van der Waals surface area contributed by atoms with Gasteiger partial charge in [-0.3, -0.25) is 0 Å². The van der Waals surface area contributed by atoms with Crippen molar-refractivity contribution in [2.45, 2.75) is 52.0 Å². The summed E-state index contributed by atoms with van der Waals surface area (Å²) in [6, 6.07) is 2.35. The molecular formula is C15H29N3. The summed E-state index contributed by atoms with van der Waals surface area (Å²) in [5.41, 5.74) is -0.344. The molecule has 0 aromatic heterocycles. The Bertz CT molecular complexity index is 284. The van der Waals surface area contributed by atoms with E-state index in [0.717, 1.165) is 24.7 Å². The van der Waals surface area contributed by atoms with E-state index in [-0.39, 0.29) is 5.54 Å². The Morgan fingerprint density at radius 3 is 2.61 bits per heavy atom. The minimum Gasteiger partial charge on any atom is -0.303 e. The zero-order valence-electron chi connectivity index (χ0n) is 12.5. The van der Waals surface area contributed by atoms with Gasteiger partial charge in [0.15, 0.2) is 0 Å². The second-order valence-electron chi connectivity index (χ2n) is 6.19. The van der Waals surface area contributed by atoms with E-state index in [9.17, 15) is 0 Å². The fourth-order valence-corrected chi connectivity index (χ4v) is 2.60. The predicted octanol–water partition coefficient (Wildman–Crippen LogP) is 2.64. The van der Waals surface area contributed by atoms with Crippen LogP contribution in [0.5, 0.6) is 0 Å². The number of likely N-dealkylation sites (tertiary alicyclic amines) is 1. The van der Waals surface area contributed by atoms with Crippen LogP contribution < -0.4 is 5.32 Å². The molecule has 0 bridgehead atoms. The molecule has 1 rings (SSSR count). The number of unbranched alkanes of at least 4 members (excludes halogenated alkanes) is 1. The highest BCUT2D eigenvalue weighted by molar-refractivity contribution is 5.02. The van der Waals surface area contributed by atoms with Crippen molar-refractivity contribution in [1.29, 1.82) is 5.26 Å². The maximum Gasteiger partial charge on any atom is 0.103 e. The van der Waals surface area contributed by atoms with Crippen molar-refractivity contribution in [1.82, 2.24) is 10.2 Å². The molecule has 3 atom stereocenters. The number of hydrogen-bond acceptors (Lipinski definition) is 3. The molecule has 3 unspecified atom stereocenters. The summed E-state index contributed by atoms with van der Waals surface area (Å²) in [5.74, 6) is 1.72. The van der Waals surface area contributed by atoms with E-state index < -0.39 is 0 Å². The van der Waals surface area contributed by atoms with E-state index >= 15 is 0 Å². The average molecular weight is 251 g/mol. The Labute approximate surface area is 113 Å². The van der Waals surface area contributed by atoms with Gasteiger partial charge in [-0.15, -0.1) is 0 Å². The summed E-state index contributed by atoms with van der Waals surface area (Å²) in [5, 5.41) is 12.2. The zero-order valence-corrected chi connectivity index (χ0v) is 12.5. The van der Waals surface area contributed by atoms with E-state index in [1.807, 2.05) is 14.0 Å². The SMILES string of the molecule is CNC(C)(C#N)CCCCN1CCC(C)C(C)C1. The zero-order chi connectivity index (χ0) is 13.6. The topological polar surface area (TPSA) is 39.1 Å². The van der Waals surface area contributed by atoms with Gasteiger partial charge in [-0.2, -0.15) is 5.26 Å². The molecule has 1 aliphatic rings. The fourth-order valence-electron chi connectivity index (χ4n) is 2.60. The number of hydrogen-bond donors (Lipinski definition) is 1.